The molecule has 0 saturated carbocycles. The summed E-state index contributed by atoms with van der Waals surface area (Å²) in [6.07, 6.45) is -8.46. The maximum Gasteiger partial charge on any atom is 0.433 e. The highest BCUT2D eigenvalue weighted by atomic mass is 19.4. The highest BCUT2D eigenvalue weighted by molar-refractivity contribution is 5.33. The number of nitrogens with one attached hydrogen (secondary N) is 1. The van der Waals surface area contributed by atoms with Crippen LogP contribution in [-0.4, -0.2) is 70.0 Å². The molecule has 1 fully saturated rings. The molecule has 0 aliphatic carbocycles. The van der Waals surface area contributed by atoms with E-state index in [9.17, 15) is 23.4 Å². The van der Waals surface area contributed by atoms with E-state index in [2.05, 4.69) is 15.3 Å². The first-order chi connectivity index (χ1) is 10.8. The van der Waals surface area contributed by atoms with Crippen LogP contribution in [0.3, 0.4) is 0 Å². The summed E-state index contributed by atoms with van der Waals surface area (Å²) in [6.45, 7) is -0.662. The van der Waals surface area contributed by atoms with Gasteiger partial charge >= 0.3 is 6.18 Å². The van der Waals surface area contributed by atoms with Gasteiger partial charge in [0.15, 0.2) is 5.69 Å². The molecule has 1 aromatic rings. The molecule has 2 rings (SSSR count). The lowest BCUT2D eigenvalue weighted by Crippen LogP contribution is -2.56. The van der Waals surface area contributed by atoms with E-state index in [1.54, 1.807) is 0 Å². The summed E-state index contributed by atoms with van der Waals surface area (Å²) < 4.78 is 48.2. The molecule has 0 bridgehead atoms. The van der Waals surface area contributed by atoms with Gasteiger partial charge in [-0.2, -0.15) is 18.2 Å². The van der Waals surface area contributed by atoms with Crippen LogP contribution >= 0.6 is 0 Å². The monoisotopic (exact) mass is 339 g/mol. The Morgan fingerprint density at radius 1 is 1.35 bits per heavy atom. The number of methoxy groups -OCH3 is 1. The van der Waals surface area contributed by atoms with Crippen LogP contribution in [0.1, 0.15) is 5.69 Å². The number of rotatable bonds is 4. The van der Waals surface area contributed by atoms with Gasteiger partial charge in [0.1, 0.15) is 18.3 Å². The quantitative estimate of drug-likeness (QED) is 0.574. The second kappa shape index (κ2) is 6.83. The van der Waals surface area contributed by atoms with E-state index in [0.29, 0.717) is 6.07 Å². The fraction of sp³-hybridized carbons (Fsp3) is 0.667. The Labute approximate surface area is 128 Å². The predicted octanol–water partition coefficient (Wildman–Crippen LogP) is -0.603. The van der Waals surface area contributed by atoms with Crippen LogP contribution in [0.4, 0.5) is 19.1 Å². The molecule has 2 heterocycles. The third kappa shape index (κ3) is 3.99. The maximum absolute atomic E-state index is 12.8. The lowest BCUT2D eigenvalue weighted by molar-refractivity contribution is -0.152. The largest absolute Gasteiger partial charge is 0.481 e. The van der Waals surface area contributed by atoms with Gasteiger partial charge in [-0.15, -0.1) is 0 Å². The van der Waals surface area contributed by atoms with Crippen molar-refractivity contribution in [2.24, 2.45) is 0 Å². The first-order valence-electron chi connectivity index (χ1n) is 6.61. The molecule has 0 unspecified atom stereocenters. The molecule has 0 amide bonds. The molecule has 130 valence electrons. The second-order valence-electron chi connectivity index (χ2n) is 4.90. The average molecular weight is 339 g/mol. The third-order valence-electron chi connectivity index (χ3n) is 3.33. The molecule has 1 aliphatic heterocycles. The molecule has 0 aromatic carbocycles. The number of hydrogen-bond acceptors (Lipinski definition) is 8. The van der Waals surface area contributed by atoms with Crippen molar-refractivity contribution in [1.29, 1.82) is 0 Å². The molecular weight excluding hydrogens is 323 g/mol. The van der Waals surface area contributed by atoms with Gasteiger partial charge in [0.25, 0.3) is 0 Å². The summed E-state index contributed by atoms with van der Waals surface area (Å²) in [4.78, 5) is 7.04. The average Bonchev–Trinajstić information content (AvgIpc) is 2.51. The number of halogens is 3. The number of aromatic nitrogens is 2. The highest BCUT2D eigenvalue weighted by Crippen LogP contribution is 2.30. The van der Waals surface area contributed by atoms with Crippen LogP contribution in [0, 0.1) is 0 Å². The number of alkyl halides is 3. The Hall–Kier alpha value is -1.69. The van der Waals surface area contributed by atoms with Crippen molar-refractivity contribution in [3.05, 3.63) is 11.8 Å². The number of aliphatic hydroxyl groups excluding tert-OH is 3. The van der Waals surface area contributed by atoms with Crippen LogP contribution in [-0.2, 0) is 10.9 Å². The summed E-state index contributed by atoms with van der Waals surface area (Å²) in [5.41, 5.74) is -1.22. The number of hydrogen-bond donors (Lipinski definition) is 4. The first kappa shape index (κ1) is 17.7. The number of anilines is 1. The van der Waals surface area contributed by atoms with Gasteiger partial charge in [0.05, 0.1) is 26.4 Å². The SMILES string of the molecule is COc1cc(C(F)(F)F)nc(N[C@H]2CO[C@H](CO)[C@H](O)[C@@H]2O)n1. The highest BCUT2D eigenvalue weighted by Gasteiger charge is 2.39. The van der Waals surface area contributed by atoms with E-state index in [1.165, 1.54) is 0 Å². The van der Waals surface area contributed by atoms with E-state index >= 15 is 0 Å². The number of nitrogens with zero attached hydrogens (tertiary/aromatic N) is 2. The van der Waals surface area contributed by atoms with Crippen molar-refractivity contribution < 1.29 is 38.0 Å². The zero-order valence-electron chi connectivity index (χ0n) is 12.0. The van der Waals surface area contributed by atoms with E-state index in [-0.39, 0.29) is 12.5 Å². The lowest BCUT2D eigenvalue weighted by atomic mass is 9.98. The van der Waals surface area contributed by atoms with Crippen LogP contribution in [0.5, 0.6) is 5.88 Å². The molecule has 4 N–H and O–H groups in total. The minimum atomic E-state index is -4.70. The normalized spacial score (nSPS) is 28.5. The predicted molar refractivity (Wildman–Crippen MR) is 69.8 cm³/mol. The maximum atomic E-state index is 12.8. The fourth-order valence-corrected chi connectivity index (χ4v) is 2.08. The summed E-state index contributed by atoms with van der Waals surface area (Å²) in [6, 6.07) is -0.323. The van der Waals surface area contributed by atoms with Gasteiger partial charge in [-0.05, 0) is 0 Å². The van der Waals surface area contributed by atoms with Gasteiger partial charge in [0, 0.05) is 6.07 Å². The Bertz CT molecular complexity index is 545. The van der Waals surface area contributed by atoms with Crippen molar-refractivity contribution in [3.8, 4) is 5.88 Å². The number of aliphatic hydroxyl groups is 3. The topological polar surface area (TPSA) is 117 Å². The van der Waals surface area contributed by atoms with Gasteiger partial charge in [0.2, 0.25) is 11.8 Å². The van der Waals surface area contributed by atoms with Gasteiger partial charge < -0.3 is 30.1 Å². The Morgan fingerprint density at radius 2 is 2.04 bits per heavy atom. The van der Waals surface area contributed by atoms with Crippen molar-refractivity contribution in [3.63, 3.8) is 0 Å². The Kier molecular flexibility index (Phi) is 5.24. The van der Waals surface area contributed by atoms with Crippen LogP contribution < -0.4 is 10.1 Å². The smallest absolute Gasteiger partial charge is 0.433 e. The van der Waals surface area contributed by atoms with Gasteiger partial charge in [-0.1, -0.05) is 0 Å². The minimum Gasteiger partial charge on any atom is -0.481 e. The van der Waals surface area contributed by atoms with Gasteiger partial charge in [-0.3, -0.25) is 0 Å². The standard InChI is InChI=1S/C12H16F3N3O5/c1-22-8-2-7(12(13,14)15)17-11(18-8)16-5-4-23-6(3-19)10(21)9(5)20/h2,5-6,9-10,19-21H,3-4H2,1H3,(H,16,17,18)/t5-,6+,9+,10-/m0/s1. The molecule has 11 heteroatoms. The van der Waals surface area contributed by atoms with E-state index < -0.39 is 48.8 Å². The zero-order valence-corrected chi connectivity index (χ0v) is 12.0. The van der Waals surface area contributed by atoms with Crippen molar-refractivity contribution >= 4 is 5.95 Å². The van der Waals surface area contributed by atoms with Crippen molar-refractivity contribution in [1.82, 2.24) is 9.97 Å². The summed E-state index contributed by atoms with van der Waals surface area (Å²) in [7, 11) is 1.15. The molecule has 1 saturated heterocycles. The molecule has 1 aromatic heterocycles. The van der Waals surface area contributed by atoms with E-state index in [1.807, 2.05) is 0 Å². The molecule has 0 spiro atoms. The minimum absolute atomic E-state index is 0.161. The third-order valence-corrected chi connectivity index (χ3v) is 3.33. The van der Waals surface area contributed by atoms with E-state index in [0.717, 1.165) is 7.11 Å². The second-order valence-corrected chi connectivity index (χ2v) is 4.90. The van der Waals surface area contributed by atoms with E-state index in [4.69, 9.17) is 14.6 Å². The summed E-state index contributed by atoms with van der Waals surface area (Å²) in [5.74, 6) is -0.742. The molecule has 8 nitrogen and oxygen atoms in total. The van der Waals surface area contributed by atoms with Crippen LogP contribution in [0.15, 0.2) is 6.07 Å². The van der Waals surface area contributed by atoms with Crippen LogP contribution in [0.25, 0.3) is 0 Å². The van der Waals surface area contributed by atoms with Crippen molar-refractivity contribution in [2.75, 3.05) is 25.6 Å². The fourth-order valence-electron chi connectivity index (χ4n) is 2.08. The molecule has 1 aliphatic rings. The molecular formula is C12H16F3N3O5. The van der Waals surface area contributed by atoms with Crippen LogP contribution in [0.2, 0.25) is 0 Å². The summed E-state index contributed by atoms with van der Waals surface area (Å²) >= 11 is 0. The number of ether oxygens (including phenoxy) is 2. The molecule has 23 heavy (non-hydrogen) atoms. The Morgan fingerprint density at radius 3 is 2.61 bits per heavy atom. The summed E-state index contributed by atoms with van der Waals surface area (Å²) in [5, 5.41) is 31.1. The Balaban J connectivity index is 2.19. The lowest BCUT2D eigenvalue weighted by Gasteiger charge is -2.37. The first-order valence-corrected chi connectivity index (χ1v) is 6.61. The zero-order chi connectivity index (χ0) is 17.2. The van der Waals surface area contributed by atoms with Gasteiger partial charge in [-0.25, -0.2) is 4.98 Å². The van der Waals surface area contributed by atoms with Crippen molar-refractivity contribution in [2.45, 2.75) is 30.5 Å². The molecule has 0 radical (unpaired) electrons. The molecule has 4 atom stereocenters.